The van der Waals surface area contributed by atoms with Gasteiger partial charge in [0.2, 0.25) is 0 Å². The Kier molecular flexibility index (Phi) is 7.21. The van der Waals surface area contributed by atoms with Crippen molar-refractivity contribution in [2.24, 2.45) is 0 Å². The number of ether oxygens (including phenoxy) is 1. The Labute approximate surface area is 143 Å². The van der Waals surface area contributed by atoms with Crippen molar-refractivity contribution in [3.05, 3.63) is 54.6 Å². The van der Waals surface area contributed by atoms with Crippen LogP contribution >= 0.6 is 0 Å². The summed E-state index contributed by atoms with van der Waals surface area (Å²) >= 11 is 0. The van der Waals surface area contributed by atoms with Gasteiger partial charge in [-0.3, -0.25) is 4.79 Å². The van der Waals surface area contributed by atoms with Crippen LogP contribution in [-0.2, 0) is 9.53 Å². The number of esters is 1. The summed E-state index contributed by atoms with van der Waals surface area (Å²) in [5, 5.41) is 2.40. The molecule has 0 saturated heterocycles. The van der Waals surface area contributed by atoms with Gasteiger partial charge in [0, 0.05) is 17.2 Å². The van der Waals surface area contributed by atoms with Gasteiger partial charge in [-0.2, -0.15) is 0 Å². The average molecular weight is 323 g/mol. The Hall–Kier alpha value is -2.42. The Morgan fingerprint density at radius 2 is 1.50 bits per heavy atom. The zero-order chi connectivity index (χ0) is 17.2. The minimum absolute atomic E-state index is 0.0593. The normalized spacial score (nSPS) is 10.2. The molecular formula is C21H25NO2. The highest BCUT2D eigenvalue weighted by Gasteiger charge is 1.98. The molecule has 0 aliphatic rings. The number of nitrogens with zero attached hydrogens (tertiary/aromatic N) is 1. The summed E-state index contributed by atoms with van der Waals surface area (Å²) in [4.78, 5) is 15.3. The molecule has 1 heterocycles. The Bertz CT molecular complexity index is 678. The molecule has 3 rings (SSSR count). The maximum atomic E-state index is 10.7. The monoisotopic (exact) mass is 323 g/mol. The number of rotatable bonds is 5. The van der Waals surface area contributed by atoms with Crippen molar-refractivity contribution in [3.8, 4) is 0 Å². The van der Waals surface area contributed by atoms with E-state index in [1.54, 1.807) is 0 Å². The first-order valence-electron chi connectivity index (χ1n) is 8.64. The summed E-state index contributed by atoms with van der Waals surface area (Å²) in [6.45, 7) is 4.45. The second-order valence-electron chi connectivity index (χ2n) is 5.64. The molecule has 0 saturated carbocycles. The van der Waals surface area contributed by atoms with Crippen LogP contribution in [0.4, 0.5) is 0 Å². The number of benzene rings is 2. The Morgan fingerprint density at radius 1 is 0.917 bits per heavy atom. The predicted molar refractivity (Wildman–Crippen MR) is 100 cm³/mol. The zero-order valence-corrected chi connectivity index (χ0v) is 14.5. The predicted octanol–water partition coefficient (Wildman–Crippen LogP) is 5.52. The molecule has 0 aliphatic carbocycles. The molecule has 0 amide bonds. The third-order valence-electron chi connectivity index (χ3n) is 3.72. The molecule has 0 atom stereocenters. The summed E-state index contributed by atoms with van der Waals surface area (Å²) in [6, 6.07) is 18.6. The molecule has 3 nitrogen and oxygen atoms in total. The van der Waals surface area contributed by atoms with E-state index in [-0.39, 0.29) is 5.97 Å². The molecule has 0 fully saturated rings. The summed E-state index contributed by atoms with van der Waals surface area (Å²) in [5.74, 6) is -0.0593. The van der Waals surface area contributed by atoms with Gasteiger partial charge >= 0.3 is 5.97 Å². The minimum atomic E-state index is -0.0593. The first kappa shape index (κ1) is 17.9. The van der Waals surface area contributed by atoms with E-state index in [4.69, 9.17) is 4.74 Å². The summed E-state index contributed by atoms with van der Waals surface area (Å²) < 4.78 is 4.75. The van der Waals surface area contributed by atoms with Crippen LogP contribution in [0.15, 0.2) is 54.6 Å². The number of carbonyl (C=O) groups excluding carboxylic acids is 1. The Morgan fingerprint density at radius 3 is 2.04 bits per heavy atom. The van der Waals surface area contributed by atoms with Crippen LogP contribution in [0.1, 0.15) is 39.5 Å². The number of para-hydroxylation sites is 2. The standard InChI is InChI=1S/C13H9N.C8H16O2/c1-3-7-12-10(5-1)9-11-6-2-4-8-13(11)14-12;1-3-5-6-7-8(9)10-4-2/h1-9H;3-7H2,1-2H3. The molecule has 1 aromatic heterocycles. The zero-order valence-electron chi connectivity index (χ0n) is 14.5. The molecule has 3 heteroatoms. The van der Waals surface area contributed by atoms with E-state index in [0.29, 0.717) is 13.0 Å². The van der Waals surface area contributed by atoms with Gasteiger partial charge in [0.25, 0.3) is 0 Å². The third-order valence-corrected chi connectivity index (χ3v) is 3.72. The number of carbonyl (C=O) groups is 1. The molecule has 0 radical (unpaired) electrons. The fourth-order valence-electron chi connectivity index (χ4n) is 2.47. The number of aromatic nitrogens is 1. The van der Waals surface area contributed by atoms with Crippen LogP contribution in [0.5, 0.6) is 0 Å². The largest absolute Gasteiger partial charge is 0.466 e. The smallest absolute Gasteiger partial charge is 0.305 e. The number of pyridine rings is 1. The lowest BCUT2D eigenvalue weighted by atomic mass is 10.1. The molecular weight excluding hydrogens is 298 g/mol. The third kappa shape index (κ3) is 5.34. The lowest BCUT2D eigenvalue weighted by Gasteiger charge is -1.99. The van der Waals surface area contributed by atoms with Crippen molar-refractivity contribution in [3.63, 3.8) is 0 Å². The molecule has 2 aromatic carbocycles. The Balaban J connectivity index is 0.000000187. The molecule has 3 aromatic rings. The van der Waals surface area contributed by atoms with E-state index in [2.05, 4.69) is 30.1 Å². The van der Waals surface area contributed by atoms with Crippen LogP contribution in [0.3, 0.4) is 0 Å². The van der Waals surface area contributed by atoms with E-state index in [1.807, 2.05) is 43.3 Å². The quantitative estimate of drug-likeness (QED) is 0.353. The van der Waals surface area contributed by atoms with Gasteiger partial charge in [0.05, 0.1) is 17.6 Å². The highest BCUT2D eigenvalue weighted by molar-refractivity contribution is 5.92. The van der Waals surface area contributed by atoms with Crippen LogP contribution in [-0.4, -0.2) is 17.6 Å². The first-order chi connectivity index (χ1) is 11.7. The minimum Gasteiger partial charge on any atom is -0.466 e. The maximum absolute atomic E-state index is 10.7. The van der Waals surface area contributed by atoms with Gasteiger partial charge < -0.3 is 4.74 Å². The molecule has 0 spiro atoms. The van der Waals surface area contributed by atoms with Crippen molar-refractivity contribution in [2.45, 2.75) is 39.5 Å². The maximum Gasteiger partial charge on any atom is 0.305 e. The number of hydrogen-bond donors (Lipinski definition) is 0. The van der Waals surface area contributed by atoms with Crippen LogP contribution < -0.4 is 0 Å². The fraction of sp³-hybridized carbons (Fsp3) is 0.333. The summed E-state index contributed by atoms with van der Waals surface area (Å²) in [5.41, 5.74) is 2.12. The van der Waals surface area contributed by atoms with Gasteiger partial charge in [-0.15, -0.1) is 0 Å². The van der Waals surface area contributed by atoms with E-state index in [9.17, 15) is 4.79 Å². The van der Waals surface area contributed by atoms with Crippen molar-refractivity contribution >= 4 is 27.8 Å². The van der Waals surface area contributed by atoms with Crippen molar-refractivity contribution in [2.75, 3.05) is 6.61 Å². The molecule has 0 bridgehead atoms. The second kappa shape index (κ2) is 9.66. The van der Waals surface area contributed by atoms with E-state index in [0.717, 1.165) is 30.3 Å². The van der Waals surface area contributed by atoms with Crippen molar-refractivity contribution < 1.29 is 9.53 Å². The first-order valence-corrected chi connectivity index (χ1v) is 8.64. The number of hydrogen-bond acceptors (Lipinski definition) is 3. The van der Waals surface area contributed by atoms with Crippen molar-refractivity contribution in [1.82, 2.24) is 4.98 Å². The van der Waals surface area contributed by atoms with Gasteiger partial charge in [-0.25, -0.2) is 4.98 Å². The van der Waals surface area contributed by atoms with Crippen LogP contribution in [0, 0.1) is 0 Å². The molecule has 0 aliphatic heterocycles. The second-order valence-corrected chi connectivity index (χ2v) is 5.64. The highest BCUT2D eigenvalue weighted by atomic mass is 16.5. The number of fused-ring (bicyclic) bond motifs is 2. The van der Waals surface area contributed by atoms with Gasteiger partial charge in [-0.1, -0.05) is 56.2 Å². The van der Waals surface area contributed by atoms with E-state index >= 15 is 0 Å². The average Bonchev–Trinajstić information content (AvgIpc) is 2.61. The van der Waals surface area contributed by atoms with Gasteiger partial charge in [0.1, 0.15) is 0 Å². The highest BCUT2D eigenvalue weighted by Crippen LogP contribution is 2.18. The lowest BCUT2D eigenvalue weighted by molar-refractivity contribution is -0.143. The summed E-state index contributed by atoms with van der Waals surface area (Å²) in [7, 11) is 0. The molecule has 24 heavy (non-hydrogen) atoms. The lowest BCUT2D eigenvalue weighted by Crippen LogP contribution is -2.02. The van der Waals surface area contributed by atoms with Gasteiger partial charge in [0.15, 0.2) is 0 Å². The molecule has 126 valence electrons. The molecule has 0 N–H and O–H groups in total. The fourth-order valence-corrected chi connectivity index (χ4v) is 2.47. The molecule has 0 unspecified atom stereocenters. The van der Waals surface area contributed by atoms with Crippen molar-refractivity contribution in [1.29, 1.82) is 0 Å². The summed E-state index contributed by atoms with van der Waals surface area (Å²) in [6.07, 6.45) is 3.83. The van der Waals surface area contributed by atoms with Crippen LogP contribution in [0.2, 0.25) is 0 Å². The van der Waals surface area contributed by atoms with Crippen LogP contribution in [0.25, 0.3) is 21.8 Å². The number of unbranched alkanes of at least 4 members (excludes halogenated alkanes) is 2. The topological polar surface area (TPSA) is 39.2 Å². The van der Waals surface area contributed by atoms with E-state index < -0.39 is 0 Å². The SMILES string of the molecule is CCCCCC(=O)OCC.c1ccc2nc3ccccc3cc2c1. The van der Waals surface area contributed by atoms with E-state index in [1.165, 1.54) is 10.8 Å². The van der Waals surface area contributed by atoms with Gasteiger partial charge in [-0.05, 0) is 31.5 Å².